The quantitative estimate of drug-likeness (QED) is 0.608. The van der Waals surface area contributed by atoms with Crippen LogP contribution in [0.2, 0.25) is 0 Å². The standard InChI is InChI=1S/C14H12F3N3O4S/c1-7-2-3-9(24-14(15,16)17)4-8(7)6-18-20-13-19-12(23)10(25-13)5-11(21)22/h2-4,6,10H,5H2,1H3,(H,21,22)(H,19,20,23). The van der Waals surface area contributed by atoms with E-state index in [1.807, 2.05) is 0 Å². The third-order valence-electron chi connectivity index (χ3n) is 2.97. The van der Waals surface area contributed by atoms with Gasteiger partial charge in [0.2, 0.25) is 5.91 Å². The molecule has 25 heavy (non-hydrogen) atoms. The Morgan fingerprint density at radius 3 is 2.84 bits per heavy atom. The van der Waals surface area contributed by atoms with Crippen molar-refractivity contribution in [2.45, 2.75) is 25.0 Å². The third kappa shape index (κ3) is 5.78. The summed E-state index contributed by atoms with van der Waals surface area (Å²) in [4.78, 5) is 22.2. The van der Waals surface area contributed by atoms with Gasteiger partial charge >= 0.3 is 12.3 Å². The summed E-state index contributed by atoms with van der Waals surface area (Å²) in [6, 6.07) is 3.76. The minimum absolute atomic E-state index is 0.118. The summed E-state index contributed by atoms with van der Waals surface area (Å²) in [6.45, 7) is 1.67. The number of alkyl halides is 3. The third-order valence-corrected chi connectivity index (χ3v) is 4.04. The van der Waals surface area contributed by atoms with Crippen molar-refractivity contribution in [3.05, 3.63) is 29.3 Å². The van der Waals surface area contributed by atoms with E-state index in [0.29, 0.717) is 11.1 Å². The molecule has 0 radical (unpaired) electrons. The highest BCUT2D eigenvalue weighted by Crippen LogP contribution is 2.25. The van der Waals surface area contributed by atoms with E-state index in [1.165, 1.54) is 18.3 Å². The van der Waals surface area contributed by atoms with Gasteiger partial charge in [-0.05, 0) is 24.6 Å². The normalized spacial score (nSPS) is 19.4. The molecule has 0 aliphatic carbocycles. The summed E-state index contributed by atoms with van der Waals surface area (Å²) in [6.07, 6.45) is -3.94. The zero-order valence-electron chi connectivity index (χ0n) is 12.7. The van der Waals surface area contributed by atoms with E-state index < -0.39 is 29.2 Å². The fourth-order valence-electron chi connectivity index (χ4n) is 1.84. The molecular formula is C14H12F3N3O4S. The number of halogens is 3. The predicted octanol–water partition coefficient (Wildman–Crippen LogP) is 2.29. The molecule has 1 aliphatic heterocycles. The van der Waals surface area contributed by atoms with Crippen LogP contribution in [-0.2, 0) is 9.59 Å². The first-order valence-corrected chi connectivity index (χ1v) is 7.69. The van der Waals surface area contributed by atoms with Gasteiger partial charge in [-0.1, -0.05) is 17.8 Å². The summed E-state index contributed by atoms with van der Waals surface area (Å²) in [5.74, 6) is -2.00. The summed E-state index contributed by atoms with van der Waals surface area (Å²) >= 11 is 0.919. The number of ether oxygens (including phenoxy) is 1. The number of amides is 1. The lowest BCUT2D eigenvalue weighted by Gasteiger charge is -2.10. The molecule has 0 saturated carbocycles. The molecule has 7 nitrogen and oxygen atoms in total. The summed E-state index contributed by atoms with van der Waals surface area (Å²) in [7, 11) is 0. The van der Waals surface area contributed by atoms with Crippen molar-refractivity contribution in [3.63, 3.8) is 0 Å². The minimum Gasteiger partial charge on any atom is -0.481 e. The summed E-state index contributed by atoms with van der Waals surface area (Å²) in [5, 5.41) is 17.8. The Balaban J connectivity index is 2.08. The van der Waals surface area contributed by atoms with Gasteiger partial charge in [-0.2, -0.15) is 5.10 Å². The Bertz CT molecular complexity index is 749. The first kappa shape index (κ1) is 18.8. The van der Waals surface area contributed by atoms with Gasteiger partial charge in [0, 0.05) is 5.56 Å². The Kier molecular flexibility index (Phi) is 5.67. The topological polar surface area (TPSA) is 100 Å². The molecule has 1 atom stereocenters. The number of nitrogens with one attached hydrogen (secondary N) is 1. The number of nitrogens with zero attached hydrogens (tertiary/aromatic N) is 2. The van der Waals surface area contributed by atoms with Gasteiger partial charge in [0.25, 0.3) is 0 Å². The van der Waals surface area contributed by atoms with Gasteiger partial charge in [0.15, 0.2) is 5.17 Å². The highest BCUT2D eigenvalue weighted by atomic mass is 32.2. The number of aliphatic carboxylic acids is 1. The summed E-state index contributed by atoms with van der Waals surface area (Å²) < 4.78 is 40.5. The maximum atomic E-state index is 12.2. The second-order valence-electron chi connectivity index (χ2n) is 4.91. The predicted molar refractivity (Wildman–Crippen MR) is 84.7 cm³/mol. The second kappa shape index (κ2) is 7.55. The molecule has 1 heterocycles. The fraction of sp³-hybridized carbons (Fsp3) is 0.286. The molecule has 1 unspecified atom stereocenters. The zero-order chi connectivity index (χ0) is 18.6. The number of aryl methyl sites for hydroxylation is 1. The molecule has 1 saturated heterocycles. The lowest BCUT2D eigenvalue weighted by atomic mass is 10.1. The van der Waals surface area contributed by atoms with E-state index in [9.17, 15) is 22.8 Å². The molecule has 2 rings (SSSR count). The highest BCUT2D eigenvalue weighted by molar-refractivity contribution is 8.15. The Morgan fingerprint density at radius 2 is 2.20 bits per heavy atom. The number of thioether (sulfide) groups is 1. The number of hydrogen-bond acceptors (Lipinski definition) is 6. The molecule has 1 fully saturated rings. The van der Waals surface area contributed by atoms with E-state index in [-0.39, 0.29) is 11.6 Å². The average Bonchev–Trinajstić information content (AvgIpc) is 2.80. The Morgan fingerprint density at radius 1 is 1.48 bits per heavy atom. The zero-order valence-corrected chi connectivity index (χ0v) is 13.5. The smallest absolute Gasteiger partial charge is 0.481 e. The summed E-state index contributed by atoms with van der Waals surface area (Å²) in [5.41, 5.74) is 0.993. The van der Waals surface area contributed by atoms with Crippen molar-refractivity contribution < 1.29 is 32.6 Å². The fourth-order valence-corrected chi connectivity index (χ4v) is 2.76. The molecule has 11 heteroatoms. The van der Waals surface area contributed by atoms with Crippen LogP contribution in [0, 0.1) is 6.92 Å². The molecule has 0 spiro atoms. The number of carboxylic acid groups (broad SMARTS) is 1. The number of carbonyl (C=O) groups is 2. The van der Waals surface area contributed by atoms with Gasteiger partial charge < -0.3 is 15.2 Å². The van der Waals surface area contributed by atoms with Gasteiger partial charge in [-0.3, -0.25) is 9.59 Å². The monoisotopic (exact) mass is 375 g/mol. The lowest BCUT2D eigenvalue weighted by Crippen LogP contribution is -2.26. The Hall–Kier alpha value is -2.56. The van der Waals surface area contributed by atoms with Crippen LogP contribution in [0.1, 0.15) is 17.5 Å². The minimum atomic E-state index is -4.80. The average molecular weight is 375 g/mol. The van der Waals surface area contributed by atoms with Crippen molar-refractivity contribution in [1.29, 1.82) is 0 Å². The molecule has 0 bridgehead atoms. The maximum absolute atomic E-state index is 12.2. The van der Waals surface area contributed by atoms with Crippen LogP contribution >= 0.6 is 11.8 Å². The van der Waals surface area contributed by atoms with Crippen molar-refractivity contribution in [3.8, 4) is 5.75 Å². The van der Waals surface area contributed by atoms with Crippen LogP contribution in [0.25, 0.3) is 0 Å². The van der Waals surface area contributed by atoms with Crippen molar-refractivity contribution in [2.24, 2.45) is 10.2 Å². The van der Waals surface area contributed by atoms with Crippen LogP contribution < -0.4 is 10.1 Å². The van der Waals surface area contributed by atoms with Crippen molar-refractivity contribution >= 4 is 35.0 Å². The first-order valence-electron chi connectivity index (χ1n) is 6.81. The molecule has 2 N–H and O–H groups in total. The van der Waals surface area contributed by atoms with E-state index in [2.05, 4.69) is 20.3 Å². The number of benzene rings is 1. The van der Waals surface area contributed by atoms with Crippen molar-refractivity contribution in [1.82, 2.24) is 5.32 Å². The number of carboxylic acids is 1. The van der Waals surface area contributed by atoms with Gasteiger partial charge in [0.1, 0.15) is 11.0 Å². The van der Waals surface area contributed by atoms with Gasteiger partial charge in [-0.15, -0.1) is 18.3 Å². The first-order chi connectivity index (χ1) is 11.6. The number of hydrogen-bond donors (Lipinski definition) is 2. The van der Waals surface area contributed by atoms with Crippen LogP contribution in [0.5, 0.6) is 5.75 Å². The number of rotatable bonds is 5. The van der Waals surface area contributed by atoms with Crippen molar-refractivity contribution in [2.75, 3.05) is 0 Å². The van der Waals surface area contributed by atoms with E-state index >= 15 is 0 Å². The van der Waals surface area contributed by atoms with Crippen LogP contribution in [0.3, 0.4) is 0 Å². The molecule has 1 aromatic carbocycles. The second-order valence-corrected chi connectivity index (χ2v) is 6.10. The lowest BCUT2D eigenvalue weighted by molar-refractivity contribution is -0.274. The SMILES string of the molecule is Cc1ccc(OC(F)(F)F)cc1C=NN=C1NC(=O)C(CC(=O)O)S1. The van der Waals surface area contributed by atoms with Gasteiger partial charge in [-0.25, -0.2) is 0 Å². The van der Waals surface area contributed by atoms with E-state index in [0.717, 1.165) is 17.8 Å². The largest absolute Gasteiger partial charge is 0.573 e. The molecule has 1 amide bonds. The van der Waals surface area contributed by atoms with Gasteiger partial charge in [0.05, 0.1) is 12.6 Å². The van der Waals surface area contributed by atoms with Crippen LogP contribution in [-0.4, -0.2) is 40.0 Å². The van der Waals surface area contributed by atoms with E-state index in [1.54, 1.807) is 6.92 Å². The highest BCUT2D eigenvalue weighted by Gasteiger charge is 2.32. The number of carbonyl (C=O) groups excluding carboxylic acids is 1. The van der Waals surface area contributed by atoms with E-state index in [4.69, 9.17) is 5.11 Å². The molecular weight excluding hydrogens is 363 g/mol. The van der Waals surface area contributed by atoms with Crippen LogP contribution in [0.15, 0.2) is 28.4 Å². The number of amidine groups is 1. The molecule has 1 aromatic rings. The molecule has 134 valence electrons. The maximum Gasteiger partial charge on any atom is 0.573 e. The Labute approximate surface area is 144 Å². The van der Waals surface area contributed by atoms with Crippen LogP contribution in [0.4, 0.5) is 13.2 Å². The molecule has 0 aromatic heterocycles. The molecule has 1 aliphatic rings.